The predicted octanol–water partition coefficient (Wildman–Crippen LogP) is 1.75. The number of carbonyl (C=O) groups excluding carboxylic acids is 1. The molecule has 0 radical (unpaired) electrons. The van der Waals surface area contributed by atoms with Gasteiger partial charge in [0, 0.05) is 11.2 Å². The molecule has 1 amide bonds. The second-order valence-electron chi connectivity index (χ2n) is 7.01. The van der Waals surface area contributed by atoms with Gasteiger partial charge in [-0.3, -0.25) is 4.79 Å². The van der Waals surface area contributed by atoms with Gasteiger partial charge in [-0.25, -0.2) is 13.1 Å². The molecule has 6 nitrogen and oxygen atoms in total. The molecule has 22 heavy (non-hydrogen) atoms. The molecule has 0 unspecified atom stereocenters. The molecule has 1 aromatic carbocycles. The minimum Gasteiger partial charge on any atom is -0.324 e. The molecular formula is C15H25N3O3S. The summed E-state index contributed by atoms with van der Waals surface area (Å²) in [5.41, 5.74) is 5.07. The van der Waals surface area contributed by atoms with Crippen LogP contribution in [0.2, 0.25) is 0 Å². The third-order valence-corrected chi connectivity index (χ3v) is 4.66. The standard InChI is InChI=1S/C15H25N3O3S/c1-10-7-8-11(17-13(19)15(5,6)16)9-12(10)22(20,21)18-14(2,3)4/h7-9,18H,16H2,1-6H3,(H,17,19). The van der Waals surface area contributed by atoms with Crippen molar-refractivity contribution in [2.75, 3.05) is 5.32 Å². The summed E-state index contributed by atoms with van der Waals surface area (Å²) in [6.07, 6.45) is 0. The monoisotopic (exact) mass is 327 g/mol. The minimum absolute atomic E-state index is 0.134. The number of amides is 1. The van der Waals surface area contributed by atoms with E-state index in [4.69, 9.17) is 5.73 Å². The van der Waals surface area contributed by atoms with E-state index < -0.39 is 21.1 Å². The third-order valence-electron chi connectivity index (χ3n) is 2.76. The summed E-state index contributed by atoms with van der Waals surface area (Å²) in [5, 5.41) is 2.63. The highest BCUT2D eigenvalue weighted by Gasteiger charge is 2.25. The quantitative estimate of drug-likeness (QED) is 0.784. The fourth-order valence-corrected chi connectivity index (χ4v) is 3.41. The van der Waals surface area contributed by atoms with E-state index in [-0.39, 0.29) is 10.8 Å². The first-order valence-electron chi connectivity index (χ1n) is 6.97. The molecule has 0 saturated carbocycles. The number of hydrogen-bond acceptors (Lipinski definition) is 4. The first-order chi connectivity index (χ1) is 9.72. The number of aryl methyl sites for hydroxylation is 1. The summed E-state index contributed by atoms with van der Waals surface area (Å²) in [6.45, 7) is 10.2. The van der Waals surface area contributed by atoms with Crippen LogP contribution in [0.3, 0.4) is 0 Å². The molecule has 0 saturated heterocycles. The van der Waals surface area contributed by atoms with Crippen LogP contribution in [-0.2, 0) is 14.8 Å². The summed E-state index contributed by atoms with van der Waals surface area (Å²) in [6, 6.07) is 4.73. The molecule has 0 aromatic heterocycles. The van der Waals surface area contributed by atoms with Crippen molar-refractivity contribution in [1.29, 1.82) is 0 Å². The molecule has 0 aliphatic heterocycles. The molecule has 0 fully saturated rings. The highest BCUT2D eigenvalue weighted by atomic mass is 32.2. The van der Waals surface area contributed by atoms with Gasteiger partial charge in [0.25, 0.3) is 0 Å². The molecule has 0 atom stereocenters. The maximum absolute atomic E-state index is 12.5. The largest absolute Gasteiger partial charge is 0.324 e. The fourth-order valence-electron chi connectivity index (χ4n) is 1.72. The Labute approximate surface area is 132 Å². The van der Waals surface area contributed by atoms with Gasteiger partial charge in [-0.05, 0) is 59.2 Å². The minimum atomic E-state index is -3.67. The van der Waals surface area contributed by atoms with Crippen LogP contribution in [0.25, 0.3) is 0 Å². The van der Waals surface area contributed by atoms with Crippen LogP contribution in [0.15, 0.2) is 23.1 Å². The zero-order valence-electron chi connectivity index (χ0n) is 13.9. The van der Waals surface area contributed by atoms with Crippen molar-refractivity contribution in [2.45, 2.75) is 57.5 Å². The molecule has 0 spiro atoms. The number of nitrogens with two attached hydrogens (primary N) is 1. The van der Waals surface area contributed by atoms with Gasteiger partial charge in [-0.15, -0.1) is 0 Å². The van der Waals surface area contributed by atoms with Crippen molar-refractivity contribution in [3.05, 3.63) is 23.8 Å². The zero-order valence-corrected chi connectivity index (χ0v) is 14.8. The number of anilines is 1. The maximum Gasteiger partial charge on any atom is 0.243 e. The Hall–Kier alpha value is -1.44. The lowest BCUT2D eigenvalue weighted by Crippen LogP contribution is -2.45. The van der Waals surface area contributed by atoms with Crippen LogP contribution in [0, 0.1) is 6.92 Å². The highest BCUT2D eigenvalue weighted by Crippen LogP contribution is 2.22. The average Bonchev–Trinajstić information content (AvgIpc) is 2.26. The van der Waals surface area contributed by atoms with E-state index in [1.54, 1.807) is 53.7 Å². The second-order valence-corrected chi connectivity index (χ2v) is 8.66. The third kappa shape index (κ3) is 5.08. The van der Waals surface area contributed by atoms with Gasteiger partial charge in [0.05, 0.1) is 10.4 Å². The van der Waals surface area contributed by atoms with Gasteiger partial charge in [0.2, 0.25) is 15.9 Å². The van der Waals surface area contributed by atoms with E-state index >= 15 is 0 Å². The van der Waals surface area contributed by atoms with Crippen molar-refractivity contribution in [3.8, 4) is 0 Å². The van der Waals surface area contributed by atoms with Crippen LogP contribution in [0.5, 0.6) is 0 Å². The topological polar surface area (TPSA) is 101 Å². The van der Waals surface area contributed by atoms with Crippen molar-refractivity contribution in [1.82, 2.24) is 4.72 Å². The normalized spacial score (nSPS) is 13.0. The van der Waals surface area contributed by atoms with Crippen LogP contribution in [-0.4, -0.2) is 25.4 Å². The van der Waals surface area contributed by atoms with E-state index in [9.17, 15) is 13.2 Å². The van der Waals surface area contributed by atoms with Gasteiger partial charge in [0.15, 0.2) is 0 Å². The summed E-state index contributed by atoms with van der Waals surface area (Å²) in [4.78, 5) is 12.0. The predicted molar refractivity (Wildman–Crippen MR) is 88.1 cm³/mol. The Kier molecular flexibility index (Phi) is 5.06. The van der Waals surface area contributed by atoms with Gasteiger partial charge >= 0.3 is 0 Å². The summed E-state index contributed by atoms with van der Waals surface area (Å²) in [5.74, 6) is -0.386. The number of nitrogens with one attached hydrogen (secondary N) is 2. The van der Waals surface area contributed by atoms with Crippen LogP contribution < -0.4 is 15.8 Å². The van der Waals surface area contributed by atoms with Crippen molar-refractivity contribution in [3.63, 3.8) is 0 Å². The lowest BCUT2D eigenvalue weighted by atomic mass is 10.1. The van der Waals surface area contributed by atoms with Crippen molar-refractivity contribution >= 4 is 21.6 Å². The Morgan fingerprint density at radius 3 is 2.14 bits per heavy atom. The number of benzene rings is 1. The van der Waals surface area contributed by atoms with Gasteiger partial charge < -0.3 is 11.1 Å². The fraction of sp³-hybridized carbons (Fsp3) is 0.533. The molecule has 1 rings (SSSR count). The Morgan fingerprint density at radius 2 is 1.68 bits per heavy atom. The molecular weight excluding hydrogens is 302 g/mol. The van der Waals surface area contributed by atoms with Crippen molar-refractivity contribution in [2.24, 2.45) is 5.73 Å². The Balaban J connectivity index is 3.18. The van der Waals surface area contributed by atoms with E-state index in [1.165, 1.54) is 6.07 Å². The smallest absolute Gasteiger partial charge is 0.243 e. The molecule has 7 heteroatoms. The maximum atomic E-state index is 12.5. The molecule has 124 valence electrons. The zero-order chi connectivity index (χ0) is 17.3. The summed E-state index contributed by atoms with van der Waals surface area (Å²) < 4.78 is 27.5. The van der Waals surface area contributed by atoms with E-state index in [2.05, 4.69) is 10.0 Å². The van der Waals surface area contributed by atoms with Crippen LogP contribution in [0.4, 0.5) is 5.69 Å². The number of carbonyl (C=O) groups is 1. The summed E-state index contributed by atoms with van der Waals surface area (Å²) in [7, 11) is -3.67. The molecule has 0 bridgehead atoms. The van der Waals surface area contributed by atoms with Crippen LogP contribution >= 0.6 is 0 Å². The number of sulfonamides is 1. The average molecular weight is 327 g/mol. The SMILES string of the molecule is Cc1ccc(NC(=O)C(C)(C)N)cc1S(=O)(=O)NC(C)(C)C. The molecule has 4 N–H and O–H groups in total. The lowest BCUT2D eigenvalue weighted by molar-refractivity contribution is -0.120. The van der Waals surface area contributed by atoms with E-state index in [0.717, 1.165) is 0 Å². The molecule has 0 aliphatic rings. The molecule has 1 aromatic rings. The Bertz CT molecular complexity index is 668. The number of hydrogen-bond donors (Lipinski definition) is 3. The first-order valence-corrected chi connectivity index (χ1v) is 8.46. The second kappa shape index (κ2) is 5.98. The summed E-state index contributed by atoms with van der Waals surface area (Å²) >= 11 is 0. The van der Waals surface area contributed by atoms with Gasteiger partial charge in [-0.1, -0.05) is 6.07 Å². The highest BCUT2D eigenvalue weighted by molar-refractivity contribution is 7.89. The van der Waals surface area contributed by atoms with Gasteiger partial charge in [0.1, 0.15) is 0 Å². The first kappa shape index (κ1) is 18.6. The lowest BCUT2D eigenvalue weighted by Gasteiger charge is -2.22. The number of rotatable bonds is 4. The molecule has 0 aliphatic carbocycles. The Morgan fingerprint density at radius 1 is 1.14 bits per heavy atom. The molecule has 0 heterocycles. The van der Waals surface area contributed by atoms with E-state index in [0.29, 0.717) is 11.3 Å². The van der Waals surface area contributed by atoms with E-state index in [1.807, 2.05) is 0 Å². The van der Waals surface area contributed by atoms with Gasteiger partial charge in [-0.2, -0.15) is 0 Å². The van der Waals surface area contributed by atoms with Crippen molar-refractivity contribution < 1.29 is 13.2 Å². The van der Waals surface area contributed by atoms with Crippen LogP contribution in [0.1, 0.15) is 40.2 Å².